The van der Waals surface area contributed by atoms with Crippen molar-refractivity contribution >= 4 is 11.9 Å². The average Bonchev–Trinajstić information content (AvgIpc) is 2.36. The third-order valence-electron chi connectivity index (χ3n) is 2.98. The number of fused-ring (bicyclic) bond motifs is 1. The van der Waals surface area contributed by atoms with Crippen LogP contribution in [0.5, 0.6) is 17.2 Å². The number of phenolic OH excluding ortho intramolecular Hbond substituents is 1. The van der Waals surface area contributed by atoms with Crippen molar-refractivity contribution in [2.75, 3.05) is 13.9 Å². The van der Waals surface area contributed by atoms with E-state index >= 15 is 0 Å². The zero-order chi connectivity index (χ0) is 14.9. The van der Waals surface area contributed by atoms with Crippen molar-refractivity contribution in [2.45, 2.75) is 26.4 Å². The molecule has 1 heterocycles. The SMILES string of the molecule is COCOc1cc(C(C)=O)c(O)c2c1OC(C)(C)C=C2. The van der Waals surface area contributed by atoms with Crippen molar-refractivity contribution in [3.05, 3.63) is 23.3 Å². The molecule has 0 bridgehead atoms. The van der Waals surface area contributed by atoms with Crippen molar-refractivity contribution in [1.82, 2.24) is 0 Å². The van der Waals surface area contributed by atoms with Crippen LogP contribution in [-0.4, -0.2) is 30.4 Å². The monoisotopic (exact) mass is 278 g/mol. The predicted molar refractivity (Wildman–Crippen MR) is 74.4 cm³/mol. The van der Waals surface area contributed by atoms with E-state index in [9.17, 15) is 9.90 Å². The van der Waals surface area contributed by atoms with Crippen LogP contribution in [0.25, 0.3) is 6.08 Å². The van der Waals surface area contributed by atoms with Crippen LogP contribution in [0.15, 0.2) is 12.1 Å². The summed E-state index contributed by atoms with van der Waals surface area (Å²) >= 11 is 0. The van der Waals surface area contributed by atoms with Gasteiger partial charge in [-0.25, -0.2) is 0 Å². The zero-order valence-electron chi connectivity index (χ0n) is 12.0. The maximum atomic E-state index is 11.6. The van der Waals surface area contributed by atoms with E-state index in [1.165, 1.54) is 20.1 Å². The van der Waals surface area contributed by atoms with E-state index in [0.29, 0.717) is 17.1 Å². The molecule has 0 aromatic heterocycles. The lowest BCUT2D eigenvalue weighted by atomic mass is 9.98. The molecular formula is C15H18O5. The van der Waals surface area contributed by atoms with Gasteiger partial charge in [0.05, 0.1) is 11.1 Å². The fourth-order valence-electron chi connectivity index (χ4n) is 1.99. The molecule has 20 heavy (non-hydrogen) atoms. The number of carbonyl (C=O) groups excluding carboxylic acids is 1. The van der Waals surface area contributed by atoms with Crippen LogP contribution in [0, 0.1) is 0 Å². The number of phenols is 1. The predicted octanol–water partition coefficient (Wildman–Crippen LogP) is 2.76. The number of Topliss-reactive ketones (excluding diaryl/α,β-unsaturated/α-hetero) is 1. The molecule has 0 atom stereocenters. The Kier molecular flexibility index (Phi) is 3.72. The molecule has 0 radical (unpaired) electrons. The second-order valence-electron chi connectivity index (χ2n) is 5.16. The number of rotatable bonds is 4. The Labute approximate surface area is 117 Å². The number of methoxy groups -OCH3 is 1. The molecular weight excluding hydrogens is 260 g/mol. The minimum absolute atomic E-state index is 0.0298. The maximum Gasteiger partial charge on any atom is 0.188 e. The Morgan fingerprint density at radius 2 is 2.15 bits per heavy atom. The summed E-state index contributed by atoms with van der Waals surface area (Å²) in [6, 6.07) is 1.48. The summed E-state index contributed by atoms with van der Waals surface area (Å²) in [5.74, 6) is 0.453. The van der Waals surface area contributed by atoms with E-state index in [2.05, 4.69) is 0 Å². The van der Waals surface area contributed by atoms with E-state index in [1.807, 2.05) is 19.9 Å². The average molecular weight is 278 g/mol. The van der Waals surface area contributed by atoms with Crippen LogP contribution < -0.4 is 9.47 Å². The Balaban J connectivity index is 2.59. The molecule has 1 aliphatic rings. The number of aromatic hydroxyl groups is 1. The highest BCUT2D eigenvalue weighted by molar-refractivity contribution is 5.99. The first kappa shape index (κ1) is 14.4. The van der Waals surface area contributed by atoms with Crippen LogP contribution in [0.4, 0.5) is 0 Å². The molecule has 2 rings (SSSR count). The standard InChI is InChI=1S/C15H18O5/c1-9(16)11-7-12(19-8-18-4)14-10(13(11)17)5-6-15(2,3)20-14/h5-7,17H,8H2,1-4H3. The third-order valence-corrected chi connectivity index (χ3v) is 2.98. The van der Waals surface area contributed by atoms with E-state index in [0.717, 1.165) is 0 Å². The first-order chi connectivity index (χ1) is 9.35. The van der Waals surface area contributed by atoms with Gasteiger partial charge in [0.25, 0.3) is 0 Å². The van der Waals surface area contributed by atoms with Gasteiger partial charge in [-0.15, -0.1) is 0 Å². The normalized spacial score (nSPS) is 15.4. The van der Waals surface area contributed by atoms with Crippen molar-refractivity contribution in [2.24, 2.45) is 0 Å². The summed E-state index contributed by atoms with van der Waals surface area (Å²) in [5.41, 5.74) is 0.133. The van der Waals surface area contributed by atoms with Crippen molar-refractivity contribution < 1.29 is 24.1 Å². The minimum Gasteiger partial charge on any atom is -0.506 e. The van der Waals surface area contributed by atoms with Gasteiger partial charge in [0.2, 0.25) is 0 Å². The van der Waals surface area contributed by atoms with Gasteiger partial charge in [0.15, 0.2) is 24.1 Å². The Morgan fingerprint density at radius 3 is 2.75 bits per heavy atom. The lowest BCUT2D eigenvalue weighted by Crippen LogP contribution is -2.28. The highest BCUT2D eigenvalue weighted by Gasteiger charge is 2.29. The maximum absolute atomic E-state index is 11.6. The van der Waals surface area contributed by atoms with Gasteiger partial charge in [0.1, 0.15) is 11.4 Å². The van der Waals surface area contributed by atoms with Gasteiger partial charge < -0.3 is 19.3 Å². The Bertz CT molecular complexity index is 572. The summed E-state index contributed by atoms with van der Waals surface area (Å²) in [5, 5.41) is 10.2. The van der Waals surface area contributed by atoms with Crippen molar-refractivity contribution in [3.63, 3.8) is 0 Å². The molecule has 5 heteroatoms. The van der Waals surface area contributed by atoms with Gasteiger partial charge in [-0.1, -0.05) is 0 Å². The first-order valence-corrected chi connectivity index (χ1v) is 6.26. The summed E-state index contributed by atoms with van der Waals surface area (Å²) in [6.07, 6.45) is 3.55. The second kappa shape index (κ2) is 5.17. The fraction of sp³-hybridized carbons (Fsp3) is 0.400. The van der Waals surface area contributed by atoms with E-state index in [-0.39, 0.29) is 23.9 Å². The molecule has 0 spiro atoms. The number of hydrogen-bond acceptors (Lipinski definition) is 5. The van der Waals surface area contributed by atoms with Gasteiger partial charge in [-0.3, -0.25) is 4.79 Å². The van der Waals surface area contributed by atoms with Crippen LogP contribution in [0.1, 0.15) is 36.7 Å². The number of carbonyl (C=O) groups is 1. The van der Waals surface area contributed by atoms with Crippen LogP contribution in [0.2, 0.25) is 0 Å². The summed E-state index contributed by atoms with van der Waals surface area (Å²) in [6.45, 7) is 5.20. The van der Waals surface area contributed by atoms with E-state index in [4.69, 9.17) is 14.2 Å². The molecule has 0 unspecified atom stereocenters. The largest absolute Gasteiger partial charge is 0.506 e. The molecule has 1 N–H and O–H groups in total. The van der Waals surface area contributed by atoms with Crippen LogP contribution in [-0.2, 0) is 4.74 Å². The number of ketones is 1. The van der Waals surface area contributed by atoms with E-state index < -0.39 is 5.60 Å². The Hall–Kier alpha value is -2.01. The van der Waals surface area contributed by atoms with Crippen molar-refractivity contribution in [3.8, 4) is 17.2 Å². The first-order valence-electron chi connectivity index (χ1n) is 6.26. The highest BCUT2D eigenvalue weighted by atomic mass is 16.7. The van der Waals surface area contributed by atoms with Crippen LogP contribution in [0.3, 0.4) is 0 Å². The fourth-order valence-corrected chi connectivity index (χ4v) is 1.99. The van der Waals surface area contributed by atoms with Gasteiger partial charge in [0, 0.05) is 7.11 Å². The summed E-state index contributed by atoms with van der Waals surface area (Å²) < 4.78 is 16.1. The molecule has 5 nitrogen and oxygen atoms in total. The molecule has 0 fully saturated rings. The third kappa shape index (κ3) is 2.63. The smallest absolute Gasteiger partial charge is 0.188 e. The quantitative estimate of drug-likeness (QED) is 0.677. The topological polar surface area (TPSA) is 65.0 Å². The lowest BCUT2D eigenvalue weighted by molar-refractivity contribution is 0.0451. The number of hydrogen-bond donors (Lipinski definition) is 1. The number of benzene rings is 1. The second-order valence-corrected chi connectivity index (χ2v) is 5.16. The van der Waals surface area contributed by atoms with Gasteiger partial charge in [-0.05, 0) is 39.0 Å². The molecule has 0 saturated carbocycles. The zero-order valence-corrected chi connectivity index (χ0v) is 12.0. The number of ether oxygens (including phenoxy) is 3. The summed E-state index contributed by atoms with van der Waals surface area (Å²) in [4.78, 5) is 11.6. The minimum atomic E-state index is -0.512. The van der Waals surface area contributed by atoms with E-state index in [1.54, 1.807) is 6.08 Å². The highest BCUT2D eigenvalue weighted by Crippen LogP contribution is 2.45. The lowest BCUT2D eigenvalue weighted by Gasteiger charge is -2.30. The molecule has 1 aromatic rings. The molecule has 1 aromatic carbocycles. The van der Waals surface area contributed by atoms with Gasteiger partial charge in [-0.2, -0.15) is 0 Å². The summed E-state index contributed by atoms with van der Waals surface area (Å²) in [7, 11) is 1.50. The molecule has 0 amide bonds. The Morgan fingerprint density at radius 1 is 1.45 bits per heavy atom. The molecule has 0 saturated heterocycles. The molecule has 108 valence electrons. The van der Waals surface area contributed by atoms with Gasteiger partial charge >= 0.3 is 0 Å². The molecule has 0 aliphatic carbocycles. The molecule has 1 aliphatic heterocycles. The van der Waals surface area contributed by atoms with Crippen molar-refractivity contribution in [1.29, 1.82) is 0 Å². The van der Waals surface area contributed by atoms with Crippen LogP contribution >= 0.6 is 0 Å².